The second-order valence-electron chi connectivity index (χ2n) is 8.15. The first-order valence-corrected chi connectivity index (χ1v) is 11.2. The monoisotopic (exact) mass is 496 g/mol. The van der Waals surface area contributed by atoms with Gasteiger partial charge in [0.25, 0.3) is 5.69 Å². The summed E-state index contributed by atoms with van der Waals surface area (Å²) in [6.45, 7) is 3.38. The van der Waals surface area contributed by atoms with Crippen molar-refractivity contribution in [3.8, 4) is 11.5 Å². The Kier molecular flexibility index (Phi) is 5.77. The molecule has 0 unspecified atom stereocenters. The lowest BCUT2D eigenvalue weighted by Crippen LogP contribution is -2.32. The molecule has 0 saturated heterocycles. The van der Waals surface area contributed by atoms with Gasteiger partial charge in [-0.2, -0.15) is 0 Å². The maximum absolute atomic E-state index is 13.1. The van der Waals surface area contributed by atoms with Gasteiger partial charge in [0.2, 0.25) is 5.78 Å². The lowest BCUT2D eigenvalue weighted by atomic mass is 10.00. The molecule has 0 aliphatic carbocycles. The molecule has 3 aromatic rings. The van der Waals surface area contributed by atoms with Crippen LogP contribution in [0.15, 0.2) is 54.3 Å². The number of allylic oxidation sites excluding steroid dienone is 1. The van der Waals surface area contributed by atoms with Crippen LogP contribution in [-0.4, -0.2) is 22.3 Å². The predicted molar refractivity (Wildman–Crippen MR) is 128 cm³/mol. The van der Waals surface area contributed by atoms with Crippen molar-refractivity contribution >= 4 is 40.7 Å². The van der Waals surface area contributed by atoms with E-state index in [2.05, 4.69) is 4.90 Å². The number of nitro benzene ring substituents is 1. The number of carbonyl (C=O) groups is 1. The Balaban J connectivity index is 1.40. The summed E-state index contributed by atoms with van der Waals surface area (Å²) >= 11 is 12.3. The third-order valence-electron chi connectivity index (χ3n) is 5.81. The third kappa shape index (κ3) is 4.14. The molecule has 0 saturated carbocycles. The lowest BCUT2D eigenvalue weighted by Gasteiger charge is -2.30. The van der Waals surface area contributed by atoms with Crippen LogP contribution in [0.4, 0.5) is 5.69 Å². The molecule has 0 bridgehead atoms. The van der Waals surface area contributed by atoms with Crippen molar-refractivity contribution < 1.29 is 19.2 Å². The van der Waals surface area contributed by atoms with Crippen molar-refractivity contribution in [1.82, 2.24) is 4.90 Å². The zero-order valence-corrected chi connectivity index (χ0v) is 19.5. The van der Waals surface area contributed by atoms with Crippen molar-refractivity contribution in [3.63, 3.8) is 0 Å². The highest BCUT2D eigenvalue weighted by atomic mass is 35.5. The van der Waals surface area contributed by atoms with Crippen molar-refractivity contribution in [1.29, 1.82) is 0 Å². The standard InChI is InChI=1S/C25H18Cl2N2O5/c1-14-24-17(12-28(13-33-24)11-16-4-5-18(26)10-21(16)27)9-20-23(30)22(34-25(14)20)8-15-2-6-19(7-3-15)29(31)32/h2-10H,11-13H2,1H3/b22-8-. The zero-order chi connectivity index (χ0) is 24.0. The van der Waals surface area contributed by atoms with Crippen LogP contribution in [0.2, 0.25) is 10.0 Å². The van der Waals surface area contributed by atoms with Gasteiger partial charge >= 0.3 is 0 Å². The van der Waals surface area contributed by atoms with E-state index in [1.165, 1.54) is 12.1 Å². The third-order valence-corrected chi connectivity index (χ3v) is 6.40. The van der Waals surface area contributed by atoms with E-state index in [9.17, 15) is 14.9 Å². The molecule has 2 heterocycles. The molecule has 2 aliphatic heterocycles. The summed E-state index contributed by atoms with van der Waals surface area (Å²) in [7, 11) is 0. The van der Waals surface area contributed by atoms with Crippen molar-refractivity contribution in [2.45, 2.75) is 20.0 Å². The molecule has 34 heavy (non-hydrogen) atoms. The smallest absolute Gasteiger partial charge is 0.269 e. The van der Waals surface area contributed by atoms with Crippen LogP contribution < -0.4 is 9.47 Å². The molecule has 3 aromatic carbocycles. The maximum Gasteiger partial charge on any atom is 0.269 e. The zero-order valence-electron chi connectivity index (χ0n) is 18.0. The van der Waals surface area contributed by atoms with E-state index in [0.29, 0.717) is 52.5 Å². The molecule has 7 nitrogen and oxygen atoms in total. The van der Waals surface area contributed by atoms with Crippen LogP contribution in [0, 0.1) is 17.0 Å². The number of ketones is 1. The van der Waals surface area contributed by atoms with Crippen LogP contribution in [-0.2, 0) is 13.1 Å². The number of halogens is 2. The molecular weight excluding hydrogens is 479 g/mol. The van der Waals surface area contributed by atoms with Gasteiger partial charge in [0.1, 0.15) is 18.2 Å². The number of benzene rings is 3. The summed E-state index contributed by atoms with van der Waals surface area (Å²) in [5, 5.41) is 12.0. The van der Waals surface area contributed by atoms with E-state index in [-0.39, 0.29) is 17.2 Å². The summed E-state index contributed by atoms with van der Waals surface area (Å²) in [5.41, 5.74) is 3.67. The minimum Gasteiger partial charge on any atom is -0.477 e. The second kappa shape index (κ2) is 8.76. The molecule has 0 spiro atoms. The van der Waals surface area contributed by atoms with Gasteiger partial charge in [0.05, 0.1) is 10.5 Å². The topological polar surface area (TPSA) is 81.9 Å². The summed E-state index contributed by atoms with van der Waals surface area (Å²) < 4.78 is 11.9. The van der Waals surface area contributed by atoms with Crippen LogP contribution in [0.1, 0.15) is 32.6 Å². The Morgan fingerprint density at radius 2 is 1.88 bits per heavy atom. The number of nitrogens with zero attached hydrogens (tertiary/aromatic N) is 2. The number of non-ortho nitro benzene ring substituents is 1. The highest BCUT2D eigenvalue weighted by Crippen LogP contribution is 2.43. The van der Waals surface area contributed by atoms with Crippen LogP contribution in [0.25, 0.3) is 6.08 Å². The number of Topliss-reactive ketones (excluding diaryl/α,β-unsaturated/α-hetero) is 1. The molecule has 5 rings (SSSR count). The van der Waals surface area contributed by atoms with E-state index in [1.807, 2.05) is 19.1 Å². The minimum atomic E-state index is -0.470. The molecule has 0 aromatic heterocycles. The van der Waals surface area contributed by atoms with Gasteiger partial charge in [-0.15, -0.1) is 0 Å². The Morgan fingerprint density at radius 1 is 1.12 bits per heavy atom. The van der Waals surface area contributed by atoms with E-state index in [0.717, 1.165) is 16.7 Å². The summed E-state index contributed by atoms with van der Waals surface area (Å²) in [5.74, 6) is 1.11. The largest absolute Gasteiger partial charge is 0.477 e. The second-order valence-corrected chi connectivity index (χ2v) is 8.99. The van der Waals surface area contributed by atoms with Gasteiger partial charge in [-0.25, -0.2) is 0 Å². The molecule has 0 N–H and O–H groups in total. The molecule has 9 heteroatoms. The number of hydrogen-bond donors (Lipinski definition) is 0. The van der Waals surface area contributed by atoms with Crippen LogP contribution >= 0.6 is 23.2 Å². The normalized spacial score (nSPS) is 16.1. The Labute approximate surface area is 205 Å². The van der Waals surface area contributed by atoms with Crippen LogP contribution in [0.3, 0.4) is 0 Å². The first-order valence-electron chi connectivity index (χ1n) is 10.4. The van der Waals surface area contributed by atoms with Crippen LogP contribution in [0.5, 0.6) is 11.5 Å². The Bertz CT molecular complexity index is 1370. The maximum atomic E-state index is 13.1. The molecule has 172 valence electrons. The van der Waals surface area contributed by atoms with E-state index in [4.69, 9.17) is 32.7 Å². The number of rotatable bonds is 4. The van der Waals surface area contributed by atoms with Gasteiger partial charge in [-0.05, 0) is 54.5 Å². The van der Waals surface area contributed by atoms with E-state index in [1.54, 1.807) is 30.3 Å². The number of ether oxygens (including phenoxy) is 2. The fraction of sp³-hybridized carbons (Fsp3) is 0.160. The number of fused-ring (bicyclic) bond motifs is 2. The van der Waals surface area contributed by atoms with Gasteiger partial charge in [0.15, 0.2) is 5.76 Å². The van der Waals surface area contributed by atoms with Crippen molar-refractivity contribution in [3.05, 3.63) is 102 Å². The Hall–Kier alpha value is -3.39. The van der Waals surface area contributed by atoms with E-state index >= 15 is 0 Å². The first kappa shape index (κ1) is 22.4. The minimum absolute atomic E-state index is 0.0192. The lowest BCUT2D eigenvalue weighted by molar-refractivity contribution is -0.384. The highest BCUT2D eigenvalue weighted by Gasteiger charge is 2.33. The van der Waals surface area contributed by atoms with Gasteiger partial charge in [0, 0.05) is 46.4 Å². The number of hydrogen-bond acceptors (Lipinski definition) is 6. The average Bonchev–Trinajstić information content (AvgIpc) is 3.11. The van der Waals surface area contributed by atoms with E-state index < -0.39 is 4.92 Å². The highest BCUT2D eigenvalue weighted by molar-refractivity contribution is 6.35. The summed E-state index contributed by atoms with van der Waals surface area (Å²) in [4.78, 5) is 25.5. The van der Waals surface area contributed by atoms with Crippen molar-refractivity contribution in [2.75, 3.05) is 6.73 Å². The fourth-order valence-electron chi connectivity index (χ4n) is 4.13. The van der Waals surface area contributed by atoms with Crippen molar-refractivity contribution in [2.24, 2.45) is 0 Å². The number of carbonyl (C=O) groups excluding carboxylic acids is 1. The molecule has 2 aliphatic rings. The summed E-state index contributed by atoms with van der Waals surface area (Å²) in [6.07, 6.45) is 1.58. The average molecular weight is 497 g/mol. The predicted octanol–water partition coefficient (Wildman–Crippen LogP) is 6.18. The molecule has 0 amide bonds. The molecule has 0 radical (unpaired) electrons. The Morgan fingerprint density at radius 3 is 2.59 bits per heavy atom. The number of nitro groups is 1. The summed E-state index contributed by atoms with van der Waals surface area (Å²) in [6, 6.07) is 13.1. The van der Waals surface area contributed by atoms with Gasteiger partial charge < -0.3 is 9.47 Å². The molecule has 0 atom stereocenters. The molecular formula is C25H18Cl2N2O5. The van der Waals surface area contributed by atoms with Gasteiger partial charge in [-0.3, -0.25) is 19.8 Å². The quantitative estimate of drug-likeness (QED) is 0.243. The fourth-order valence-corrected chi connectivity index (χ4v) is 4.60. The SMILES string of the molecule is Cc1c2c(cc3c1O/C(=C\c1ccc([N+](=O)[O-])cc1)C3=O)CN(Cc1ccc(Cl)cc1Cl)CO2. The molecule has 0 fully saturated rings. The van der Waals surface area contributed by atoms with Gasteiger partial charge in [-0.1, -0.05) is 29.3 Å². The first-order chi connectivity index (χ1) is 16.3.